The minimum atomic E-state index is 0.0547. The molecule has 0 radical (unpaired) electrons. The van der Waals surface area contributed by atoms with Crippen molar-refractivity contribution in [1.29, 1.82) is 0 Å². The summed E-state index contributed by atoms with van der Waals surface area (Å²) in [5, 5.41) is 0. The Morgan fingerprint density at radius 2 is 1.65 bits per heavy atom. The van der Waals surface area contributed by atoms with Gasteiger partial charge in [-0.25, -0.2) is 0 Å². The van der Waals surface area contributed by atoms with E-state index in [0.717, 1.165) is 17.1 Å². The third kappa shape index (κ3) is 3.55. The Morgan fingerprint density at radius 3 is 2.20 bits per heavy atom. The van der Waals surface area contributed by atoms with Crippen molar-refractivity contribution in [3.05, 3.63) is 59.2 Å². The van der Waals surface area contributed by atoms with Gasteiger partial charge in [0.05, 0.1) is 0 Å². The van der Waals surface area contributed by atoms with Crippen LogP contribution in [0.1, 0.15) is 37.5 Å². The fraction of sp³-hybridized carbons (Fsp3) is 0.333. The first-order chi connectivity index (χ1) is 9.40. The average Bonchev–Trinajstić information content (AvgIpc) is 2.38. The zero-order valence-electron chi connectivity index (χ0n) is 12.5. The lowest BCUT2D eigenvalue weighted by Gasteiger charge is -2.23. The van der Waals surface area contributed by atoms with Gasteiger partial charge in [0, 0.05) is 11.4 Å². The van der Waals surface area contributed by atoms with Gasteiger partial charge in [-0.15, -0.1) is 11.6 Å². The summed E-state index contributed by atoms with van der Waals surface area (Å²) in [6.45, 7) is 8.67. The molecular weight excluding hydrogens is 268 g/mol. The van der Waals surface area contributed by atoms with Crippen molar-refractivity contribution in [2.75, 3.05) is 0 Å². The number of benzene rings is 2. The second kappa shape index (κ2) is 5.88. The first-order valence-corrected chi connectivity index (χ1v) is 7.37. The highest BCUT2D eigenvalue weighted by atomic mass is 35.5. The molecule has 0 aliphatic rings. The number of alkyl halides is 1. The molecule has 0 N–H and O–H groups in total. The van der Waals surface area contributed by atoms with Crippen LogP contribution in [-0.2, 0) is 11.3 Å². The molecule has 0 saturated carbocycles. The van der Waals surface area contributed by atoms with Crippen molar-refractivity contribution in [2.45, 2.75) is 39.0 Å². The third-order valence-electron chi connectivity index (χ3n) is 3.25. The second-order valence-electron chi connectivity index (χ2n) is 6.13. The molecular formula is C18H21ClO. The SMILES string of the molecule is Cc1ccc(C(C)(C)C)c(Oc2ccc(CCl)cc2)c1. The summed E-state index contributed by atoms with van der Waals surface area (Å²) in [7, 11) is 0. The summed E-state index contributed by atoms with van der Waals surface area (Å²) >= 11 is 5.80. The second-order valence-corrected chi connectivity index (χ2v) is 6.40. The van der Waals surface area contributed by atoms with Gasteiger partial charge in [0.2, 0.25) is 0 Å². The predicted molar refractivity (Wildman–Crippen MR) is 86.0 cm³/mol. The van der Waals surface area contributed by atoms with Crippen LogP contribution in [-0.4, -0.2) is 0 Å². The average molecular weight is 289 g/mol. The molecule has 0 saturated heterocycles. The van der Waals surface area contributed by atoms with Gasteiger partial charge in [-0.1, -0.05) is 45.0 Å². The summed E-state index contributed by atoms with van der Waals surface area (Å²) in [5.41, 5.74) is 3.56. The van der Waals surface area contributed by atoms with Gasteiger partial charge < -0.3 is 4.74 Å². The Morgan fingerprint density at radius 1 is 1.00 bits per heavy atom. The maximum Gasteiger partial charge on any atom is 0.131 e. The molecule has 0 aliphatic heterocycles. The molecule has 2 aromatic rings. The van der Waals surface area contributed by atoms with Crippen LogP contribution in [0.4, 0.5) is 0 Å². The van der Waals surface area contributed by atoms with Gasteiger partial charge in [0.1, 0.15) is 11.5 Å². The molecule has 0 heterocycles. The van der Waals surface area contributed by atoms with Crippen molar-refractivity contribution in [3.63, 3.8) is 0 Å². The van der Waals surface area contributed by atoms with E-state index in [2.05, 4.69) is 45.9 Å². The van der Waals surface area contributed by atoms with Crippen LogP contribution >= 0.6 is 11.6 Å². The lowest BCUT2D eigenvalue weighted by molar-refractivity contribution is 0.455. The van der Waals surface area contributed by atoms with Crippen molar-refractivity contribution in [2.24, 2.45) is 0 Å². The summed E-state index contributed by atoms with van der Waals surface area (Å²) < 4.78 is 6.07. The summed E-state index contributed by atoms with van der Waals surface area (Å²) in [4.78, 5) is 0. The minimum absolute atomic E-state index is 0.0547. The van der Waals surface area contributed by atoms with Gasteiger partial charge in [-0.2, -0.15) is 0 Å². The minimum Gasteiger partial charge on any atom is -0.457 e. The van der Waals surface area contributed by atoms with Crippen LogP contribution in [0.15, 0.2) is 42.5 Å². The number of aryl methyl sites for hydroxylation is 1. The lowest BCUT2D eigenvalue weighted by atomic mass is 9.86. The van der Waals surface area contributed by atoms with E-state index in [1.165, 1.54) is 11.1 Å². The molecule has 2 rings (SSSR count). The van der Waals surface area contributed by atoms with Gasteiger partial charge in [0.15, 0.2) is 0 Å². The van der Waals surface area contributed by atoms with E-state index in [1.54, 1.807) is 0 Å². The topological polar surface area (TPSA) is 9.23 Å². The Hall–Kier alpha value is -1.47. The quantitative estimate of drug-likeness (QED) is 0.646. The van der Waals surface area contributed by atoms with Crippen LogP contribution < -0.4 is 4.74 Å². The molecule has 0 aliphatic carbocycles. The number of hydrogen-bond donors (Lipinski definition) is 0. The maximum atomic E-state index is 6.07. The maximum absolute atomic E-state index is 6.07. The summed E-state index contributed by atoms with van der Waals surface area (Å²) in [6, 6.07) is 14.3. The zero-order chi connectivity index (χ0) is 14.8. The molecule has 20 heavy (non-hydrogen) atoms. The van der Waals surface area contributed by atoms with Crippen LogP contribution in [0.2, 0.25) is 0 Å². The molecule has 2 heteroatoms. The molecule has 106 valence electrons. The molecule has 0 bridgehead atoms. The highest BCUT2D eigenvalue weighted by molar-refractivity contribution is 6.17. The van der Waals surface area contributed by atoms with Crippen molar-refractivity contribution in [1.82, 2.24) is 0 Å². The van der Waals surface area contributed by atoms with E-state index < -0.39 is 0 Å². The molecule has 0 unspecified atom stereocenters. The van der Waals surface area contributed by atoms with Crippen LogP contribution in [0.3, 0.4) is 0 Å². The van der Waals surface area contributed by atoms with Crippen LogP contribution in [0, 0.1) is 6.92 Å². The van der Waals surface area contributed by atoms with Crippen molar-refractivity contribution >= 4 is 11.6 Å². The first kappa shape index (κ1) is 14.9. The molecule has 0 spiro atoms. The number of rotatable bonds is 3. The fourth-order valence-electron chi connectivity index (χ4n) is 2.11. The standard InChI is InChI=1S/C18H21ClO/c1-13-5-10-16(18(2,3)4)17(11-13)20-15-8-6-14(12-19)7-9-15/h5-11H,12H2,1-4H3. The van der Waals surface area contributed by atoms with Gasteiger partial charge >= 0.3 is 0 Å². The Bertz CT molecular complexity index is 579. The van der Waals surface area contributed by atoms with E-state index in [-0.39, 0.29) is 5.41 Å². The van der Waals surface area contributed by atoms with Gasteiger partial charge in [-0.05, 0) is 41.7 Å². The van der Waals surface area contributed by atoms with Crippen LogP contribution in [0.5, 0.6) is 11.5 Å². The summed E-state index contributed by atoms with van der Waals surface area (Å²) in [5.74, 6) is 2.30. The first-order valence-electron chi connectivity index (χ1n) is 6.84. The highest BCUT2D eigenvalue weighted by Gasteiger charge is 2.19. The fourth-order valence-corrected chi connectivity index (χ4v) is 2.29. The third-order valence-corrected chi connectivity index (χ3v) is 3.56. The van der Waals surface area contributed by atoms with E-state index in [0.29, 0.717) is 5.88 Å². The number of hydrogen-bond acceptors (Lipinski definition) is 1. The van der Waals surface area contributed by atoms with E-state index in [1.807, 2.05) is 24.3 Å². The molecule has 0 fully saturated rings. The smallest absolute Gasteiger partial charge is 0.131 e. The lowest BCUT2D eigenvalue weighted by Crippen LogP contribution is -2.12. The largest absolute Gasteiger partial charge is 0.457 e. The van der Waals surface area contributed by atoms with Crippen molar-refractivity contribution < 1.29 is 4.74 Å². The van der Waals surface area contributed by atoms with Crippen LogP contribution in [0.25, 0.3) is 0 Å². The Balaban J connectivity index is 2.34. The Kier molecular flexibility index (Phi) is 4.39. The highest BCUT2D eigenvalue weighted by Crippen LogP contribution is 2.34. The monoisotopic (exact) mass is 288 g/mol. The number of halogens is 1. The van der Waals surface area contributed by atoms with Gasteiger partial charge in [-0.3, -0.25) is 0 Å². The number of ether oxygens (including phenoxy) is 1. The molecule has 1 nitrogen and oxygen atoms in total. The zero-order valence-corrected chi connectivity index (χ0v) is 13.3. The normalized spacial score (nSPS) is 11.4. The van der Waals surface area contributed by atoms with E-state index in [9.17, 15) is 0 Å². The molecule has 2 aromatic carbocycles. The Labute approximate surface area is 126 Å². The molecule has 0 amide bonds. The molecule has 0 atom stereocenters. The van der Waals surface area contributed by atoms with E-state index in [4.69, 9.17) is 16.3 Å². The van der Waals surface area contributed by atoms with Gasteiger partial charge in [0.25, 0.3) is 0 Å². The van der Waals surface area contributed by atoms with E-state index >= 15 is 0 Å². The van der Waals surface area contributed by atoms with Crippen molar-refractivity contribution in [3.8, 4) is 11.5 Å². The predicted octanol–water partition coefficient (Wildman–Crippen LogP) is 5.82. The molecule has 0 aromatic heterocycles. The summed E-state index contributed by atoms with van der Waals surface area (Å²) in [6.07, 6.45) is 0.